The summed E-state index contributed by atoms with van der Waals surface area (Å²) in [6.45, 7) is 16.0. The van der Waals surface area contributed by atoms with E-state index in [1.807, 2.05) is 55.4 Å². The Balaban J connectivity index is 0.000000699. The van der Waals surface area contributed by atoms with Crippen molar-refractivity contribution in [2.24, 2.45) is 11.8 Å². The Bertz CT molecular complexity index is 980. The molecule has 3 aromatic rings. The van der Waals surface area contributed by atoms with Crippen molar-refractivity contribution in [1.29, 1.82) is 0 Å². The summed E-state index contributed by atoms with van der Waals surface area (Å²) in [6.07, 6.45) is 8.52. The third kappa shape index (κ3) is 8.25. The number of hydrogen-bond acceptors (Lipinski definition) is 0. The van der Waals surface area contributed by atoms with E-state index in [0.29, 0.717) is 0 Å². The van der Waals surface area contributed by atoms with E-state index in [2.05, 4.69) is 109 Å². The van der Waals surface area contributed by atoms with E-state index in [1.165, 1.54) is 39.8 Å². The highest BCUT2D eigenvalue weighted by molar-refractivity contribution is 6.05. The molecule has 35 heavy (non-hydrogen) atoms. The van der Waals surface area contributed by atoms with Gasteiger partial charge in [-0.15, -0.1) is 0 Å². The molecular weight excluding hydrogens is 420 g/mol. The highest BCUT2D eigenvalue weighted by atomic mass is 14.4. The molecule has 0 heterocycles. The van der Waals surface area contributed by atoms with E-state index >= 15 is 0 Å². The number of fused-ring (bicyclic) bond motifs is 1. The van der Waals surface area contributed by atoms with E-state index in [9.17, 15) is 0 Å². The van der Waals surface area contributed by atoms with Crippen LogP contribution in [-0.4, -0.2) is 0 Å². The van der Waals surface area contributed by atoms with Gasteiger partial charge in [-0.2, -0.15) is 0 Å². The molecule has 2 atom stereocenters. The van der Waals surface area contributed by atoms with Gasteiger partial charge < -0.3 is 0 Å². The Morgan fingerprint density at radius 3 is 1.23 bits per heavy atom. The molecule has 0 nitrogen and oxygen atoms in total. The van der Waals surface area contributed by atoms with Crippen LogP contribution in [0.4, 0.5) is 0 Å². The van der Waals surface area contributed by atoms with E-state index in [1.54, 1.807) is 0 Å². The fourth-order valence-electron chi connectivity index (χ4n) is 4.05. The quantitative estimate of drug-likeness (QED) is 0.335. The average molecular weight is 467 g/mol. The molecule has 5 rings (SSSR count). The smallest absolute Gasteiger partial charge is 0.00269 e. The molecular formula is C35H46. The third-order valence-electron chi connectivity index (χ3n) is 5.53. The Morgan fingerprint density at radius 2 is 0.857 bits per heavy atom. The molecule has 0 saturated heterocycles. The van der Waals surface area contributed by atoms with Crippen molar-refractivity contribution in [3.63, 3.8) is 0 Å². The lowest BCUT2D eigenvalue weighted by Gasteiger charge is -2.20. The van der Waals surface area contributed by atoms with Gasteiger partial charge in [-0.1, -0.05) is 165 Å². The molecule has 0 spiro atoms. The molecule has 0 aromatic heterocycles. The first-order valence-corrected chi connectivity index (χ1v) is 13.7. The molecule has 1 fully saturated rings. The molecule has 2 unspecified atom stereocenters. The van der Waals surface area contributed by atoms with E-state index in [-0.39, 0.29) is 0 Å². The van der Waals surface area contributed by atoms with Crippen molar-refractivity contribution < 1.29 is 0 Å². The van der Waals surface area contributed by atoms with Gasteiger partial charge in [0.1, 0.15) is 0 Å². The minimum atomic E-state index is 0.719. The zero-order valence-electron chi connectivity index (χ0n) is 23.3. The van der Waals surface area contributed by atoms with Crippen LogP contribution in [-0.2, 0) is 0 Å². The minimum absolute atomic E-state index is 0.719. The highest BCUT2D eigenvalue weighted by Gasteiger charge is 2.35. The largest absolute Gasteiger partial charge is 0.0802 e. The summed E-state index contributed by atoms with van der Waals surface area (Å²) in [4.78, 5) is 0. The van der Waals surface area contributed by atoms with Gasteiger partial charge in [0.25, 0.3) is 0 Å². The van der Waals surface area contributed by atoms with Gasteiger partial charge in [-0.3, -0.25) is 0 Å². The van der Waals surface area contributed by atoms with Crippen LogP contribution in [0.1, 0.15) is 78.5 Å². The second kappa shape index (κ2) is 17.3. The van der Waals surface area contributed by atoms with Crippen molar-refractivity contribution in [1.82, 2.24) is 0 Å². The van der Waals surface area contributed by atoms with Gasteiger partial charge in [0.05, 0.1) is 0 Å². The van der Waals surface area contributed by atoms with E-state index in [4.69, 9.17) is 0 Å². The van der Waals surface area contributed by atoms with Gasteiger partial charge in [0.2, 0.25) is 0 Å². The molecule has 1 saturated carbocycles. The van der Waals surface area contributed by atoms with Crippen LogP contribution in [0.3, 0.4) is 0 Å². The SMILES string of the molecule is C1=CC2CC2C=C1C(=C(c1ccccc1)c1ccccc1)c1ccccc1.CC.CC.CC.CC. The van der Waals surface area contributed by atoms with E-state index < -0.39 is 0 Å². The third-order valence-corrected chi connectivity index (χ3v) is 5.53. The van der Waals surface area contributed by atoms with Crippen LogP contribution in [0.2, 0.25) is 0 Å². The van der Waals surface area contributed by atoms with Crippen LogP contribution < -0.4 is 0 Å². The predicted octanol–water partition coefficient (Wildman–Crippen LogP) is 10.9. The maximum Gasteiger partial charge on any atom is -0.00269 e. The molecule has 0 N–H and O–H groups in total. The second-order valence-electron chi connectivity index (χ2n) is 7.39. The van der Waals surface area contributed by atoms with Crippen LogP contribution in [0.15, 0.2) is 115 Å². The summed E-state index contributed by atoms with van der Waals surface area (Å²) in [5.74, 6) is 1.49. The van der Waals surface area contributed by atoms with Crippen LogP contribution in [0, 0.1) is 11.8 Å². The lowest BCUT2D eigenvalue weighted by Crippen LogP contribution is -1.99. The zero-order chi connectivity index (χ0) is 26.1. The first kappa shape index (κ1) is 29.9. The monoisotopic (exact) mass is 466 g/mol. The number of rotatable bonds is 4. The lowest BCUT2D eigenvalue weighted by molar-refractivity contribution is 0.972. The summed E-state index contributed by atoms with van der Waals surface area (Å²) in [5.41, 5.74) is 7.77. The van der Waals surface area contributed by atoms with Crippen LogP contribution in [0.25, 0.3) is 11.1 Å². The molecule has 2 aliphatic rings. The number of allylic oxidation sites excluding steroid dienone is 5. The Hall–Kier alpha value is -3.12. The van der Waals surface area contributed by atoms with Gasteiger partial charge in [-0.05, 0) is 51.7 Å². The molecule has 2 aliphatic carbocycles. The molecule has 0 amide bonds. The Labute approximate surface area is 216 Å². The first-order chi connectivity index (χ1) is 17.4. The summed E-state index contributed by atoms with van der Waals surface area (Å²) < 4.78 is 0. The standard InChI is InChI=1S/C27H22.4C2H6/c1-4-10-20(11-5-1)26(21-12-6-2-7-13-21)27(22-14-8-3-9-15-22)24-17-16-23-18-25(23)19-24;4*1-2/h1-17,19,23,25H,18H2;4*1-2H3. The molecule has 186 valence electrons. The highest BCUT2D eigenvalue weighted by Crippen LogP contribution is 2.48. The molecule has 0 radical (unpaired) electrons. The maximum atomic E-state index is 2.48. The molecule has 0 heteroatoms. The minimum Gasteiger partial charge on any atom is -0.0802 e. The topological polar surface area (TPSA) is 0 Å². The Morgan fingerprint density at radius 1 is 0.486 bits per heavy atom. The van der Waals surface area contributed by atoms with Crippen molar-refractivity contribution >= 4 is 11.1 Å². The Kier molecular flexibility index (Phi) is 14.8. The van der Waals surface area contributed by atoms with Crippen molar-refractivity contribution in [2.75, 3.05) is 0 Å². The van der Waals surface area contributed by atoms with Crippen LogP contribution >= 0.6 is 0 Å². The van der Waals surface area contributed by atoms with Crippen molar-refractivity contribution in [2.45, 2.75) is 61.8 Å². The normalized spacial score (nSPS) is 15.9. The van der Waals surface area contributed by atoms with Crippen molar-refractivity contribution in [3.05, 3.63) is 131 Å². The van der Waals surface area contributed by atoms with Gasteiger partial charge in [0.15, 0.2) is 0 Å². The number of benzene rings is 3. The van der Waals surface area contributed by atoms with Gasteiger partial charge in [0, 0.05) is 0 Å². The predicted molar refractivity (Wildman–Crippen MR) is 159 cm³/mol. The fourth-order valence-corrected chi connectivity index (χ4v) is 4.05. The summed E-state index contributed by atoms with van der Waals surface area (Å²) in [7, 11) is 0. The fraction of sp³-hybridized carbons (Fsp3) is 0.314. The molecule has 0 bridgehead atoms. The summed E-state index contributed by atoms with van der Waals surface area (Å²) in [6, 6.07) is 32.4. The van der Waals surface area contributed by atoms with Crippen LogP contribution in [0.5, 0.6) is 0 Å². The van der Waals surface area contributed by atoms with E-state index in [0.717, 1.165) is 11.8 Å². The molecule has 0 aliphatic heterocycles. The summed E-state index contributed by atoms with van der Waals surface area (Å²) >= 11 is 0. The summed E-state index contributed by atoms with van der Waals surface area (Å²) in [5, 5.41) is 0. The number of hydrogen-bond donors (Lipinski definition) is 0. The zero-order valence-corrected chi connectivity index (χ0v) is 23.3. The van der Waals surface area contributed by atoms with Crippen molar-refractivity contribution in [3.8, 4) is 0 Å². The maximum absolute atomic E-state index is 2.48. The molecule has 3 aromatic carbocycles. The van der Waals surface area contributed by atoms with Gasteiger partial charge >= 0.3 is 0 Å². The average Bonchev–Trinajstić information content (AvgIpc) is 3.76. The lowest BCUT2D eigenvalue weighted by atomic mass is 9.84. The second-order valence-corrected chi connectivity index (χ2v) is 7.39. The van der Waals surface area contributed by atoms with Gasteiger partial charge in [-0.25, -0.2) is 0 Å². The first-order valence-electron chi connectivity index (χ1n) is 13.7.